The molecule has 1 aromatic carbocycles. The third-order valence-corrected chi connectivity index (χ3v) is 3.56. The number of aryl methyl sites for hydroxylation is 1. The van der Waals surface area contributed by atoms with Crippen molar-refractivity contribution in [2.75, 3.05) is 6.26 Å². The smallest absolute Gasteiger partial charge is 0.407 e. The Hall–Kier alpha value is -1.69. The molecule has 90 valence electrons. The normalized spacial score (nSPS) is 11.9. The van der Waals surface area contributed by atoms with E-state index < -0.39 is 15.6 Å². The molecule has 2 aromatic rings. The van der Waals surface area contributed by atoms with Gasteiger partial charge in [-0.1, -0.05) is 13.0 Å². The van der Waals surface area contributed by atoms with Crippen LogP contribution in [0.25, 0.3) is 11.0 Å². The Labute approximate surface area is 98.0 Å². The maximum absolute atomic E-state index is 11.6. The molecule has 0 fully saturated rings. The van der Waals surface area contributed by atoms with Gasteiger partial charge in [-0.3, -0.25) is 0 Å². The minimum absolute atomic E-state index is 0.0178. The third kappa shape index (κ3) is 2.08. The first-order valence-corrected chi connectivity index (χ1v) is 6.95. The molecule has 0 aliphatic heterocycles. The van der Waals surface area contributed by atoms with Crippen LogP contribution < -0.4 is 5.76 Å². The van der Waals surface area contributed by atoms with Gasteiger partial charge >= 0.3 is 5.76 Å². The molecule has 0 bridgehead atoms. The molecule has 0 saturated carbocycles. The summed E-state index contributed by atoms with van der Waals surface area (Å²) in [6.45, 7) is 1.84. The number of sulfone groups is 1. The van der Waals surface area contributed by atoms with Gasteiger partial charge in [-0.05, 0) is 18.6 Å². The van der Waals surface area contributed by atoms with Crippen molar-refractivity contribution in [2.45, 2.75) is 18.2 Å². The molecule has 0 aliphatic carbocycles. The number of rotatable bonds is 2. The van der Waals surface area contributed by atoms with E-state index in [0.717, 1.165) is 6.26 Å². The summed E-state index contributed by atoms with van der Waals surface area (Å²) in [5.41, 5.74) is 0.633. The summed E-state index contributed by atoms with van der Waals surface area (Å²) < 4.78 is 28.1. The van der Waals surface area contributed by atoms with E-state index in [0.29, 0.717) is 17.5 Å². The molecule has 1 aromatic heterocycles. The van der Waals surface area contributed by atoms with Crippen LogP contribution in [0.1, 0.15) is 12.6 Å². The van der Waals surface area contributed by atoms with Crippen LogP contribution in [0.15, 0.2) is 32.3 Å². The highest BCUT2D eigenvalue weighted by atomic mass is 32.2. The molecule has 0 radical (unpaired) electrons. The fourth-order valence-corrected chi connectivity index (χ4v) is 2.50. The van der Waals surface area contributed by atoms with Gasteiger partial charge in [0.05, 0.1) is 5.69 Å². The highest BCUT2D eigenvalue weighted by molar-refractivity contribution is 7.91. The van der Waals surface area contributed by atoms with Crippen LogP contribution in [0.3, 0.4) is 0 Å². The SMILES string of the molecule is CCc1nc(=O)oc2c(S(C)(=O)=O)cccc12. The average molecular weight is 253 g/mol. The van der Waals surface area contributed by atoms with Gasteiger partial charge in [0.2, 0.25) is 0 Å². The highest BCUT2D eigenvalue weighted by Gasteiger charge is 2.16. The van der Waals surface area contributed by atoms with Crippen LogP contribution in [-0.2, 0) is 16.3 Å². The number of hydrogen-bond acceptors (Lipinski definition) is 5. The van der Waals surface area contributed by atoms with E-state index >= 15 is 0 Å². The number of nitrogens with zero attached hydrogens (tertiary/aromatic N) is 1. The van der Waals surface area contributed by atoms with E-state index in [9.17, 15) is 13.2 Å². The summed E-state index contributed by atoms with van der Waals surface area (Å²) in [6, 6.07) is 4.72. The third-order valence-electron chi connectivity index (χ3n) is 2.44. The van der Waals surface area contributed by atoms with Crippen molar-refractivity contribution in [1.29, 1.82) is 0 Å². The summed E-state index contributed by atoms with van der Waals surface area (Å²) in [4.78, 5) is 15.0. The number of aromatic nitrogens is 1. The molecule has 0 saturated heterocycles. The molecule has 0 atom stereocenters. The maximum atomic E-state index is 11.6. The number of fused-ring (bicyclic) bond motifs is 1. The lowest BCUT2D eigenvalue weighted by Crippen LogP contribution is -2.09. The van der Waals surface area contributed by atoms with Crippen LogP contribution in [0, 0.1) is 0 Å². The van der Waals surface area contributed by atoms with Gasteiger partial charge in [-0.25, -0.2) is 13.2 Å². The van der Waals surface area contributed by atoms with Gasteiger partial charge in [-0.2, -0.15) is 4.98 Å². The van der Waals surface area contributed by atoms with E-state index in [2.05, 4.69) is 4.98 Å². The Morgan fingerprint density at radius 2 is 2.06 bits per heavy atom. The van der Waals surface area contributed by atoms with Crippen molar-refractivity contribution in [3.63, 3.8) is 0 Å². The lowest BCUT2D eigenvalue weighted by Gasteiger charge is -2.05. The Kier molecular flexibility index (Phi) is 2.74. The summed E-state index contributed by atoms with van der Waals surface area (Å²) >= 11 is 0. The van der Waals surface area contributed by atoms with Gasteiger partial charge in [0, 0.05) is 11.6 Å². The zero-order chi connectivity index (χ0) is 12.6. The van der Waals surface area contributed by atoms with E-state index in [4.69, 9.17) is 4.42 Å². The quantitative estimate of drug-likeness (QED) is 0.802. The van der Waals surface area contributed by atoms with Crippen LogP contribution in [-0.4, -0.2) is 19.7 Å². The molecule has 5 nitrogen and oxygen atoms in total. The van der Waals surface area contributed by atoms with Gasteiger partial charge < -0.3 is 4.42 Å². The van der Waals surface area contributed by atoms with Crippen molar-refractivity contribution in [3.05, 3.63) is 34.4 Å². The topological polar surface area (TPSA) is 77.2 Å². The minimum atomic E-state index is -3.43. The molecule has 0 spiro atoms. The predicted molar refractivity (Wildman–Crippen MR) is 62.8 cm³/mol. The fraction of sp³-hybridized carbons (Fsp3) is 0.273. The second-order valence-electron chi connectivity index (χ2n) is 3.69. The Bertz CT molecular complexity index is 731. The standard InChI is InChI=1S/C11H11NO4S/c1-3-8-7-5-4-6-9(17(2,14)15)10(7)16-11(13)12-8/h4-6H,3H2,1-2H3. The van der Waals surface area contributed by atoms with E-state index in [1.807, 2.05) is 6.92 Å². The first kappa shape index (κ1) is 11.8. The second-order valence-corrected chi connectivity index (χ2v) is 5.67. The van der Waals surface area contributed by atoms with Crippen LogP contribution in [0.4, 0.5) is 0 Å². The Balaban J connectivity index is 3.00. The van der Waals surface area contributed by atoms with Crippen molar-refractivity contribution >= 4 is 20.8 Å². The van der Waals surface area contributed by atoms with E-state index in [1.165, 1.54) is 6.07 Å². The molecule has 2 rings (SSSR count). The summed E-state index contributed by atoms with van der Waals surface area (Å²) in [6.07, 6.45) is 1.61. The van der Waals surface area contributed by atoms with E-state index in [-0.39, 0.29) is 10.5 Å². The summed E-state index contributed by atoms with van der Waals surface area (Å²) in [5, 5.41) is 0.565. The van der Waals surface area contributed by atoms with Crippen LogP contribution in [0.5, 0.6) is 0 Å². The van der Waals surface area contributed by atoms with Crippen molar-refractivity contribution in [1.82, 2.24) is 4.98 Å². The largest absolute Gasteiger partial charge is 0.439 e. The predicted octanol–water partition coefficient (Wildman–Crippen LogP) is 1.15. The van der Waals surface area contributed by atoms with Crippen molar-refractivity contribution in [3.8, 4) is 0 Å². The number of benzene rings is 1. The molecule has 6 heteroatoms. The van der Waals surface area contributed by atoms with Crippen LogP contribution in [0.2, 0.25) is 0 Å². The Morgan fingerprint density at radius 3 is 2.65 bits per heavy atom. The minimum Gasteiger partial charge on any atom is -0.407 e. The lowest BCUT2D eigenvalue weighted by molar-refractivity contribution is 0.518. The molecule has 1 heterocycles. The lowest BCUT2D eigenvalue weighted by atomic mass is 10.2. The fourth-order valence-electron chi connectivity index (χ4n) is 1.69. The molecular formula is C11H11NO4S. The monoisotopic (exact) mass is 253 g/mol. The molecule has 0 amide bonds. The van der Waals surface area contributed by atoms with Crippen molar-refractivity contribution in [2.24, 2.45) is 0 Å². The molecule has 0 N–H and O–H groups in total. The first-order valence-electron chi connectivity index (χ1n) is 5.06. The zero-order valence-corrected chi connectivity index (χ0v) is 10.2. The summed E-state index contributed by atoms with van der Waals surface area (Å²) in [5.74, 6) is -0.773. The van der Waals surface area contributed by atoms with Gasteiger partial charge in [-0.15, -0.1) is 0 Å². The number of para-hydroxylation sites is 1. The Morgan fingerprint density at radius 1 is 1.35 bits per heavy atom. The molecule has 0 unspecified atom stereocenters. The van der Waals surface area contributed by atoms with Gasteiger partial charge in [0.25, 0.3) is 0 Å². The maximum Gasteiger partial charge on any atom is 0.439 e. The number of hydrogen-bond donors (Lipinski definition) is 0. The molecule has 17 heavy (non-hydrogen) atoms. The van der Waals surface area contributed by atoms with Gasteiger partial charge in [0.1, 0.15) is 4.90 Å². The molecule has 0 aliphatic rings. The molecular weight excluding hydrogens is 242 g/mol. The first-order chi connectivity index (χ1) is 7.93. The summed E-state index contributed by atoms with van der Waals surface area (Å²) in [7, 11) is -3.43. The highest BCUT2D eigenvalue weighted by Crippen LogP contribution is 2.23. The van der Waals surface area contributed by atoms with Crippen molar-refractivity contribution < 1.29 is 12.8 Å². The zero-order valence-electron chi connectivity index (χ0n) is 9.43. The van der Waals surface area contributed by atoms with Gasteiger partial charge in [0.15, 0.2) is 15.4 Å². The average Bonchev–Trinajstić information content (AvgIpc) is 2.25. The van der Waals surface area contributed by atoms with Crippen LogP contribution >= 0.6 is 0 Å². The second kappa shape index (κ2) is 3.96. The van der Waals surface area contributed by atoms with E-state index in [1.54, 1.807) is 12.1 Å².